The monoisotopic (exact) mass is 263 g/mol. The van der Waals surface area contributed by atoms with E-state index in [2.05, 4.69) is 5.32 Å². The van der Waals surface area contributed by atoms with Crippen molar-refractivity contribution in [2.75, 3.05) is 6.61 Å². The second-order valence-corrected chi connectivity index (χ2v) is 4.53. The maximum absolute atomic E-state index is 11.7. The molecule has 0 fully saturated rings. The van der Waals surface area contributed by atoms with Crippen LogP contribution in [0.15, 0.2) is 18.2 Å². The molecule has 104 valence electrons. The molecule has 0 spiro atoms. The fraction of sp³-hybridized carbons (Fsp3) is 0.467. The van der Waals surface area contributed by atoms with Crippen LogP contribution in [0.5, 0.6) is 5.75 Å². The molecule has 0 atom stereocenters. The Morgan fingerprint density at radius 3 is 2.63 bits per heavy atom. The molecule has 0 unspecified atom stereocenters. The number of amides is 1. The van der Waals surface area contributed by atoms with Crippen molar-refractivity contribution >= 4 is 12.2 Å². The zero-order valence-corrected chi connectivity index (χ0v) is 11.7. The smallest absolute Gasteiger partial charge is 0.258 e. The van der Waals surface area contributed by atoms with Crippen LogP contribution in [-0.2, 0) is 4.79 Å². The molecule has 1 amide bonds. The zero-order chi connectivity index (χ0) is 14.3. The summed E-state index contributed by atoms with van der Waals surface area (Å²) >= 11 is 0. The number of aryl methyl sites for hydroxylation is 1. The summed E-state index contributed by atoms with van der Waals surface area (Å²) < 4.78 is 5.39. The van der Waals surface area contributed by atoms with Crippen molar-refractivity contribution < 1.29 is 14.3 Å². The molecule has 0 bridgehead atoms. The molecule has 0 aliphatic heterocycles. The van der Waals surface area contributed by atoms with Crippen LogP contribution in [0.25, 0.3) is 0 Å². The van der Waals surface area contributed by atoms with E-state index in [0.29, 0.717) is 11.3 Å². The van der Waals surface area contributed by atoms with Crippen LogP contribution >= 0.6 is 0 Å². The molecule has 0 heterocycles. The van der Waals surface area contributed by atoms with Crippen LogP contribution in [0, 0.1) is 6.92 Å². The lowest BCUT2D eigenvalue weighted by Crippen LogP contribution is -2.37. The summed E-state index contributed by atoms with van der Waals surface area (Å²) in [6, 6.07) is 5.48. The van der Waals surface area contributed by atoms with E-state index >= 15 is 0 Å². The SMILES string of the molecule is CCC(CC)NC(=O)COc1ccc(C)cc1C=O. The van der Waals surface area contributed by atoms with Crippen molar-refractivity contribution in [1.82, 2.24) is 5.32 Å². The Kier molecular flexibility index (Phi) is 6.06. The van der Waals surface area contributed by atoms with E-state index in [4.69, 9.17) is 4.74 Å². The van der Waals surface area contributed by atoms with Gasteiger partial charge in [0.15, 0.2) is 12.9 Å². The van der Waals surface area contributed by atoms with Crippen LogP contribution in [0.4, 0.5) is 0 Å². The van der Waals surface area contributed by atoms with Crippen molar-refractivity contribution in [3.63, 3.8) is 0 Å². The standard InChI is InChI=1S/C15H21NO3/c1-4-13(5-2)16-15(18)10-19-14-7-6-11(3)8-12(14)9-17/h6-9,13H,4-5,10H2,1-3H3,(H,16,18). The number of carbonyl (C=O) groups is 2. The average molecular weight is 263 g/mol. The van der Waals surface area contributed by atoms with Crippen LogP contribution in [0.1, 0.15) is 42.6 Å². The van der Waals surface area contributed by atoms with Gasteiger partial charge in [0.1, 0.15) is 5.75 Å². The Morgan fingerprint density at radius 1 is 1.37 bits per heavy atom. The topological polar surface area (TPSA) is 55.4 Å². The van der Waals surface area contributed by atoms with Gasteiger partial charge in [0.2, 0.25) is 0 Å². The highest BCUT2D eigenvalue weighted by molar-refractivity contribution is 5.81. The predicted octanol–water partition coefficient (Wildman–Crippen LogP) is 2.49. The van der Waals surface area contributed by atoms with Gasteiger partial charge in [-0.1, -0.05) is 25.5 Å². The van der Waals surface area contributed by atoms with Crippen molar-refractivity contribution in [2.45, 2.75) is 39.7 Å². The Balaban J connectivity index is 2.57. The number of aldehydes is 1. The van der Waals surface area contributed by atoms with Gasteiger partial charge in [0, 0.05) is 6.04 Å². The first-order valence-corrected chi connectivity index (χ1v) is 6.58. The number of ether oxygens (including phenoxy) is 1. The largest absolute Gasteiger partial charge is 0.483 e. The van der Waals surface area contributed by atoms with E-state index in [9.17, 15) is 9.59 Å². The normalized spacial score (nSPS) is 10.3. The summed E-state index contributed by atoms with van der Waals surface area (Å²) in [5, 5.41) is 2.88. The number of hydrogen-bond acceptors (Lipinski definition) is 3. The van der Waals surface area contributed by atoms with Crippen molar-refractivity contribution in [3.8, 4) is 5.75 Å². The lowest BCUT2D eigenvalue weighted by molar-refractivity contribution is -0.123. The molecule has 4 heteroatoms. The van der Waals surface area contributed by atoms with E-state index in [1.807, 2.05) is 26.8 Å². The van der Waals surface area contributed by atoms with Crippen molar-refractivity contribution in [2.24, 2.45) is 0 Å². The van der Waals surface area contributed by atoms with Crippen molar-refractivity contribution in [3.05, 3.63) is 29.3 Å². The van der Waals surface area contributed by atoms with E-state index in [-0.39, 0.29) is 18.6 Å². The molecule has 4 nitrogen and oxygen atoms in total. The van der Waals surface area contributed by atoms with Gasteiger partial charge in [-0.25, -0.2) is 0 Å². The summed E-state index contributed by atoms with van der Waals surface area (Å²) in [6.07, 6.45) is 2.53. The Bertz CT molecular complexity index is 439. The minimum Gasteiger partial charge on any atom is -0.483 e. The fourth-order valence-corrected chi connectivity index (χ4v) is 1.80. The quantitative estimate of drug-likeness (QED) is 0.769. The van der Waals surface area contributed by atoms with Gasteiger partial charge in [0.05, 0.1) is 5.56 Å². The Hall–Kier alpha value is -1.84. The summed E-state index contributed by atoms with van der Waals surface area (Å²) in [7, 11) is 0. The number of hydrogen-bond donors (Lipinski definition) is 1. The third kappa shape index (κ3) is 4.73. The molecule has 0 aliphatic rings. The van der Waals surface area contributed by atoms with Gasteiger partial charge >= 0.3 is 0 Å². The molecule has 0 aromatic heterocycles. The number of benzene rings is 1. The Labute approximate surface area is 114 Å². The highest BCUT2D eigenvalue weighted by atomic mass is 16.5. The number of rotatable bonds is 7. The van der Waals surface area contributed by atoms with Gasteiger partial charge < -0.3 is 10.1 Å². The predicted molar refractivity (Wildman–Crippen MR) is 74.6 cm³/mol. The van der Waals surface area contributed by atoms with Crippen LogP contribution in [-0.4, -0.2) is 24.8 Å². The average Bonchev–Trinajstić information content (AvgIpc) is 2.43. The molecule has 19 heavy (non-hydrogen) atoms. The maximum Gasteiger partial charge on any atom is 0.258 e. The molecule has 1 aromatic carbocycles. The molecule has 0 aliphatic carbocycles. The molecular formula is C15H21NO3. The van der Waals surface area contributed by atoms with Gasteiger partial charge in [-0.05, 0) is 31.9 Å². The van der Waals surface area contributed by atoms with Crippen LogP contribution in [0.3, 0.4) is 0 Å². The third-order valence-corrected chi connectivity index (χ3v) is 3.00. The van der Waals surface area contributed by atoms with Gasteiger partial charge in [-0.15, -0.1) is 0 Å². The summed E-state index contributed by atoms with van der Waals surface area (Å²) in [5.41, 5.74) is 1.45. The van der Waals surface area contributed by atoms with E-state index in [0.717, 1.165) is 24.7 Å². The van der Waals surface area contributed by atoms with E-state index in [1.165, 1.54) is 0 Å². The minimum absolute atomic E-state index is 0.0690. The zero-order valence-electron chi connectivity index (χ0n) is 11.7. The first-order chi connectivity index (χ1) is 9.10. The molecule has 0 saturated heterocycles. The summed E-state index contributed by atoms with van der Waals surface area (Å²) in [6.45, 7) is 5.89. The first-order valence-electron chi connectivity index (χ1n) is 6.58. The first kappa shape index (κ1) is 15.2. The van der Waals surface area contributed by atoms with Gasteiger partial charge in [-0.2, -0.15) is 0 Å². The second-order valence-electron chi connectivity index (χ2n) is 4.53. The lowest BCUT2D eigenvalue weighted by atomic mass is 10.1. The molecule has 1 aromatic rings. The molecular weight excluding hydrogens is 242 g/mol. The highest BCUT2D eigenvalue weighted by Gasteiger charge is 2.10. The van der Waals surface area contributed by atoms with Crippen LogP contribution in [0.2, 0.25) is 0 Å². The number of nitrogens with one attached hydrogen (secondary N) is 1. The molecule has 0 radical (unpaired) electrons. The molecule has 1 N–H and O–H groups in total. The van der Waals surface area contributed by atoms with Crippen molar-refractivity contribution in [1.29, 1.82) is 0 Å². The number of carbonyl (C=O) groups excluding carboxylic acids is 2. The minimum atomic E-state index is -0.161. The fourth-order valence-electron chi connectivity index (χ4n) is 1.80. The lowest BCUT2D eigenvalue weighted by Gasteiger charge is -2.15. The Morgan fingerprint density at radius 2 is 2.05 bits per heavy atom. The highest BCUT2D eigenvalue weighted by Crippen LogP contribution is 2.17. The molecule has 0 saturated carbocycles. The van der Waals surface area contributed by atoms with Gasteiger partial charge in [0.25, 0.3) is 5.91 Å². The molecule has 1 rings (SSSR count). The second kappa shape index (κ2) is 7.56. The third-order valence-electron chi connectivity index (χ3n) is 3.00. The van der Waals surface area contributed by atoms with E-state index in [1.54, 1.807) is 12.1 Å². The van der Waals surface area contributed by atoms with Gasteiger partial charge in [-0.3, -0.25) is 9.59 Å². The maximum atomic E-state index is 11.7. The van der Waals surface area contributed by atoms with Crippen LogP contribution < -0.4 is 10.1 Å². The van der Waals surface area contributed by atoms with E-state index < -0.39 is 0 Å². The summed E-state index contributed by atoms with van der Waals surface area (Å²) in [5.74, 6) is 0.284. The summed E-state index contributed by atoms with van der Waals surface area (Å²) in [4.78, 5) is 22.6.